The van der Waals surface area contributed by atoms with E-state index < -0.39 is 0 Å². The van der Waals surface area contributed by atoms with Crippen molar-refractivity contribution >= 4 is 17.4 Å². The van der Waals surface area contributed by atoms with E-state index in [0.29, 0.717) is 0 Å². The third-order valence-electron chi connectivity index (χ3n) is 1.54. The molecule has 0 spiro atoms. The van der Waals surface area contributed by atoms with E-state index in [0.717, 1.165) is 5.92 Å². The van der Waals surface area contributed by atoms with Gasteiger partial charge in [-0.2, -0.15) is 0 Å². The van der Waals surface area contributed by atoms with Crippen molar-refractivity contribution in [3.8, 4) is 0 Å². The fourth-order valence-corrected chi connectivity index (χ4v) is 0.892. The maximum absolute atomic E-state index is 2.23. The van der Waals surface area contributed by atoms with Gasteiger partial charge in [-0.05, 0) is 12.3 Å². The number of allylic oxidation sites excluding steroid dienone is 4. The van der Waals surface area contributed by atoms with E-state index in [1.165, 1.54) is 6.42 Å². The van der Waals surface area contributed by atoms with E-state index in [-0.39, 0.29) is 39.1 Å². The van der Waals surface area contributed by atoms with Crippen LogP contribution in [0.3, 0.4) is 0 Å². The van der Waals surface area contributed by atoms with E-state index in [1.807, 2.05) is 0 Å². The molecule has 0 heterocycles. The normalized spacial score (nSPS) is 14.1. The average Bonchev–Trinajstić information content (AvgIpc) is 2.12. The summed E-state index contributed by atoms with van der Waals surface area (Å²) in [5.41, 5.74) is 1.56. The van der Waals surface area contributed by atoms with Gasteiger partial charge in [-0.3, -0.25) is 0 Å². The van der Waals surface area contributed by atoms with Crippen molar-refractivity contribution in [2.45, 2.75) is 20.3 Å². The van der Waals surface area contributed by atoms with E-state index in [1.54, 1.807) is 5.57 Å². The predicted octanol–water partition coefficient (Wildman–Crippen LogP) is 1.34. The van der Waals surface area contributed by atoms with Crippen LogP contribution in [0.4, 0.5) is 0 Å². The van der Waals surface area contributed by atoms with Gasteiger partial charge in [0.15, 0.2) is 17.4 Å². The average molecular weight is 186 g/mol. The van der Waals surface area contributed by atoms with Gasteiger partial charge < -0.3 is 0 Å². The van der Waals surface area contributed by atoms with Crippen LogP contribution in [0.1, 0.15) is 20.3 Å². The Hall–Kier alpha value is 0.727. The molecule has 10 heavy (non-hydrogen) atoms. The Morgan fingerprint density at radius 2 is 2.00 bits per heavy atom. The largest absolute Gasteiger partial charge is 0.187 e. The molecule has 0 amide bonds. The molecule has 1 rings (SSSR count). The van der Waals surface area contributed by atoms with E-state index in [4.69, 9.17) is 0 Å². The monoisotopic (exact) mass is 186 g/mol. The second-order valence-electron chi connectivity index (χ2n) is 2.53. The molecule has 54 valence electrons. The van der Waals surface area contributed by atoms with E-state index in [2.05, 4.69) is 32.1 Å². The first-order valence-corrected chi connectivity index (χ1v) is 3.16. The Kier molecular flexibility index (Phi) is 8.58. The van der Waals surface area contributed by atoms with E-state index in [9.17, 15) is 0 Å². The Labute approximate surface area is 88.8 Å². The molecule has 0 radical (unpaired) electrons. The van der Waals surface area contributed by atoms with Crippen molar-refractivity contribution in [1.29, 1.82) is 0 Å². The molecule has 0 nitrogen and oxygen atoms in total. The zero-order chi connectivity index (χ0) is 5.98. The van der Waals surface area contributed by atoms with Gasteiger partial charge in [-0.15, -0.1) is 0 Å². The fourth-order valence-electron chi connectivity index (χ4n) is 0.892. The zero-order valence-corrected chi connectivity index (χ0v) is 7.58. The maximum atomic E-state index is 2.23. The molecule has 0 atom stereocenters. The molecule has 0 aliphatic heterocycles. The van der Waals surface area contributed by atoms with Crippen molar-refractivity contribution in [1.82, 2.24) is 0 Å². The predicted molar refractivity (Wildman–Crippen MR) is 46.6 cm³/mol. The minimum absolute atomic E-state index is 0. The summed E-state index contributed by atoms with van der Waals surface area (Å²) in [7, 11) is 0. The first-order valence-electron chi connectivity index (χ1n) is 3.16. The molecule has 0 N–H and O–H groups in total. The summed E-state index contributed by atoms with van der Waals surface area (Å²) in [4.78, 5) is 0. The molecule has 0 unspecified atom stereocenters. The summed E-state index contributed by atoms with van der Waals surface area (Å²) >= 11 is 0. The van der Waals surface area contributed by atoms with Crippen molar-refractivity contribution in [2.24, 2.45) is 5.92 Å². The Balaban J connectivity index is 0. The number of hydrogen-bond acceptors (Lipinski definition) is 0. The summed E-state index contributed by atoms with van der Waals surface area (Å²) in [6.07, 6.45) is 7.73. The molecule has 0 saturated carbocycles. The summed E-state index contributed by atoms with van der Waals surface area (Å²) in [5, 5.41) is 0. The summed E-state index contributed by atoms with van der Waals surface area (Å²) in [5.74, 6) is 0.741. The van der Waals surface area contributed by atoms with Crippen molar-refractivity contribution in [2.75, 3.05) is 0 Å². The van der Waals surface area contributed by atoms with E-state index >= 15 is 0 Å². The molecule has 0 saturated heterocycles. The van der Waals surface area contributed by atoms with Crippen LogP contribution < -0.4 is 0 Å². The van der Waals surface area contributed by atoms with Crippen LogP contribution in [-0.4, -0.2) is 17.4 Å². The molecule has 2 heteroatoms. The molecule has 0 fully saturated rings. The Bertz CT molecular complexity index is 136. The van der Waals surface area contributed by atoms with Gasteiger partial charge in [0.25, 0.3) is 0 Å². The smallest absolute Gasteiger partial charge is 0.0805 e. The second-order valence-corrected chi connectivity index (χ2v) is 2.53. The maximum Gasteiger partial charge on any atom is 0.187 e. The minimum atomic E-state index is 0. The molecule has 0 aromatic rings. The quantitative estimate of drug-likeness (QED) is 0.542. The van der Waals surface area contributed by atoms with Gasteiger partial charge in [-0.1, -0.05) is 37.6 Å². The van der Waals surface area contributed by atoms with Crippen LogP contribution in [0.2, 0.25) is 0 Å². The zero-order valence-electron chi connectivity index (χ0n) is 6.02. The third kappa shape index (κ3) is 3.79. The molecule has 1 aliphatic carbocycles. The summed E-state index contributed by atoms with van der Waals surface area (Å²) < 4.78 is 0. The fraction of sp³-hybridized carbons (Fsp3) is 0.500. The Morgan fingerprint density at radius 1 is 1.40 bits per heavy atom. The molecule has 0 aromatic heterocycles. The van der Waals surface area contributed by atoms with Gasteiger partial charge in [0, 0.05) is 21.7 Å². The van der Waals surface area contributed by atoms with Crippen LogP contribution in [0.5, 0.6) is 0 Å². The van der Waals surface area contributed by atoms with Crippen molar-refractivity contribution in [3.63, 3.8) is 0 Å². The first kappa shape index (κ1) is 13.3. The SMILES string of the molecule is CC(C)C1=CC=CC1.[AlH3].[Ti]. The van der Waals surface area contributed by atoms with Crippen LogP contribution in [0, 0.1) is 5.92 Å². The first-order chi connectivity index (χ1) is 3.80. The summed E-state index contributed by atoms with van der Waals surface area (Å²) in [6, 6.07) is 0. The number of rotatable bonds is 1. The molecular formula is C8H15AlTi. The van der Waals surface area contributed by atoms with Crippen molar-refractivity contribution in [3.05, 3.63) is 23.8 Å². The third-order valence-corrected chi connectivity index (χ3v) is 1.54. The molecule has 0 aromatic carbocycles. The topological polar surface area (TPSA) is 0 Å². The van der Waals surface area contributed by atoms with Gasteiger partial charge in [0.05, 0.1) is 0 Å². The second kappa shape index (κ2) is 6.44. The molecule has 1 aliphatic rings. The molecular weight excluding hydrogens is 171 g/mol. The van der Waals surface area contributed by atoms with Crippen LogP contribution in [0.15, 0.2) is 23.8 Å². The van der Waals surface area contributed by atoms with Crippen LogP contribution >= 0.6 is 0 Å². The van der Waals surface area contributed by atoms with Crippen molar-refractivity contribution < 1.29 is 21.7 Å². The molecule has 0 bridgehead atoms. The Morgan fingerprint density at radius 3 is 2.20 bits per heavy atom. The van der Waals surface area contributed by atoms with Crippen LogP contribution in [-0.2, 0) is 21.7 Å². The summed E-state index contributed by atoms with van der Waals surface area (Å²) in [6.45, 7) is 4.47. The number of hydrogen-bond donors (Lipinski definition) is 0. The van der Waals surface area contributed by atoms with Gasteiger partial charge in [-0.25, -0.2) is 0 Å². The van der Waals surface area contributed by atoms with Gasteiger partial charge in [0.2, 0.25) is 0 Å². The van der Waals surface area contributed by atoms with Gasteiger partial charge >= 0.3 is 0 Å². The van der Waals surface area contributed by atoms with Gasteiger partial charge in [0.1, 0.15) is 0 Å². The minimum Gasteiger partial charge on any atom is -0.0805 e. The standard InChI is InChI=1S/C8H12.Al.Ti.3H/c1-7(2)8-5-3-4-6-8;;;;;/h3-5,7H,6H2,1-2H3;;;;;. The van der Waals surface area contributed by atoms with Crippen LogP contribution in [0.25, 0.3) is 0 Å².